The normalized spacial score (nSPS) is 28.7. The second-order valence-electron chi connectivity index (χ2n) is 8.87. The van der Waals surface area contributed by atoms with Crippen molar-refractivity contribution in [2.24, 2.45) is 23.7 Å². The van der Waals surface area contributed by atoms with Crippen LogP contribution < -0.4 is 4.74 Å². The number of rotatable bonds is 8. The van der Waals surface area contributed by atoms with E-state index in [0.717, 1.165) is 23.3 Å². The Kier molecular flexibility index (Phi) is 8.36. The van der Waals surface area contributed by atoms with Crippen LogP contribution in [0.5, 0.6) is 5.75 Å². The molecule has 1 aromatic rings. The van der Waals surface area contributed by atoms with Gasteiger partial charge in [-0.25, -0.2) is 8.78 Å². The molecule has 1 aromatic carbocycles. The molecule has 0 aromatic heterocycles. The zero-order valence-corrected chi connectivity index (χ0v) is 17.3. The van der Waals surface area contributed by atoms with E-state index in [9.17, 15) is 8.78 Å². The van der Waals surface area contributed by atoms with Crippen molar-refractivity contribution in [3.05, 3.63) is 35.9 Å². The van der Waals surface area contributed by atoms with Crippen LogP contribution in [-0.2, 0) is 0 Å². The number of allylic oxidation sites excluding steroid dienone is 1. The van der Waals surface area contributed by atoms with Gasteiger partial charge in [-0.2, -0.15) is 0 Å². The first-order valence-corrected chi connectivity index (χ1v) is 11.3. The van der Waals surface area contributed by atoms with Gasteiger partial charge in [-0.1, -0.05) is 56.9 Å². The summed E-state index contributed by atoms with van der Waals surface area (Å²) in [4.78, 5) is 0. The Bertz CT molecular complexity index is 579. The molecule has 0 spiro atoms. The molecule has 0 N–H and O–H groups in total. The smallest absolute Gasteiger partial charge is 0.272 e. The first kappa shape index (κ1) is 21.3. The van der Waals surface area contributed by atoms with Gasteiger partial charge in [-0.3, -0.25) is 0 Å². The van der Waals surface area contributed by atoms with E-state index in [-0.39, 0.29) is 0 Å². The highest BCUT2D eigenvalue weighted by molar-refractivity contribution is 5.50. The van der Waals surface area contributed by atoms with Crippen molar-refractivity contribution in [1.82, 2.24) is 0 Å². The fraction of sp³-hybridized carbons (Fsp3) is 0.680. The van der Waals surface area contributed by atoms with Crippen molar-refractivity contribution in [2.75, 3.05) is 6.61 Å². The lowest BCUT2D eigenvalue weighted by atomic mass is 9.68. The third-order valence-electron chi connectivity index (χ3n) is 6.89. The molecule has 0 aliphatic heterocycles. The van der Waals surface area contributed by atoms with Crippen molar-refractivity contribution < 1.29 is 13.5 Å². The molecule has 2 saturated carbocycles. The summed E-state index contributed by atoms with van der Waals surface area (Å²) in [6.07, 6.45) is 16.1. The minimum Gasteiger partial charge on any atom is -0.488 e. The molecule has 0 radical (unpaired) electrons. The number of ether oxygens (including phenoxy) is 1. The molecule has 1 nitrogen and oxygen atoms in total. The van der Waals surface area contributed by atoms with Crippen molar-refractivity contribution in [1.29, 1.82) is 0 Å². The molecule has 28 heavy (non-hydrogen) atoms. The highest BCUT2D eigenvalue weighted by Gasteiger charge is 2.30. The Hall–Kier alpha value is -1.38. The lowest BCUT2D eigenvalue weighted by molar-refractivity contribution is 0.0819. The zero-order valence-electron chi connectivity index (χ0n) is 17.3. The average Bonchev–Trinajstić information content (AvgIpc) is 2.73. The maximum Gasteiger partial charge on any atom is 0.272 e. The van der Waals surface area contributed by atoms with Gasteiger partial charge in [0.2, 0.25) is 0 Å². The lowest BCUT2D eigenvalue weighted by Crippen LogP contribution is -2.25. The lowest BCUT2D eigenvalue weighted by Gasteiger charge is -2.37. The minimum atomic E-state index is -2.43. The van der Waals surface area contributed by atoms with Gasteiger partial charge in [0.1, 0.15) is 12.4 Å². The molecular formula is C25H36F2O. The molecule has 2 aliphatic rings. The third kappa shape index (κ3) is 6.60. The molecule has 0 amide bonds. The maximum atomic E-state index is 12.2. The van der Waals surface area contributed by atoms with Crippen molar-refractivity contribution in [3.8, 4) is 5.75 Å². The number of hydrogen-bond acceptors (Lipinski definition) is 1. The van der Waals surface area contributed by atoms with Crippen LogP contribution in [0.2, 0.25) is 0 Å². The first-order valence-electron chi connectivity index (χ1n) is 11.3. The Morgan fingerprint density at radius 1 is 0.929 bits per heavy atom. The molecule has 0 saturated heterocycles. The Morgan fingerprint density at radius 2 is 1.54 bits per heavy atom. The Balaban J connectivity index is 1.39. The van der Waals surface area contributed by atoms with Crippen LogP contribution in [0.3, 0.4) is 0 Å². The molecule has 0 heterocycles. The summed E-state index contributed by atoms with van der Waals surface area (Å²) in [5.41, 5.74) is 1.11. The van der Waals surface area contributed by atoms with Gasteiger partial charge in [0.05, 0.1) is 0 Å². The predicted octanol–water partition coefficient (Wildman–Crippen LogP) is 7.76. The Labute approximate surface area is 169 Å². The molecule has 2 fully saturated rings. The van der Waals surface area contributed by atoms with E-state index in [4.69, 9.17) is 4.74 Å². The minimum absolute atomic E-state index is 0.506. The van der Waals surface area contributed by atoms with Gasteiger partial charge < -0.3 is 4.74 Å². The van der Waals surface area contributed by atoms with Crippen LogP contribution in [0.15, 0.2) is 30.3 Å². The van der Waals surface area contributed by atoms with Crippen LogP contribution in [-0.4, -0.2) is 13.0 Å². The van der Waals surface area contributed by atoms with Crippen LogP contribution >= 0.6 is 0 Å². The van der Waals surface area contributed by atoms with E-state index in [1.165, 1.54) is 64.2 Å². The van der Waals surface area contributed by atoms with Gasteiger partial charge in [0.15, 0.2) is 0 Å². The summed E-state index contributed by atoms with van der Waals surface area (Å²) < 4.78 is 29.4. The van der Waals surface area contributed by atoms with E-state index < -0.39 is 13.0 Å². The highest BCUT2D eigenvalue weighted by Crippen LogP contribution is 2.42. The van der Waals surface area contributed by atoms with Crippen molar-refractivity contribution in [3.63, 3.8) is 0 Å². The second-order valence-corrected chi connectivity index (χ2v) is 8.87. The molecule has 0 unspecified atom stereocenters. The topological polar surface area (TPSA) is 9.23 Å². The quantitative estimate of drug-likeness (QED) is 0.441. The summed E-state index contributed by atoms with van der Waals surface area (Å²) >= 11 is 0. The number of alkyl halides is 2. The van der Waals surface area contributed by atoms with Gasteiger partial charge in [0.25, 0.3) is 6.43 Å². The van der Waals surface area contributed by atoms with Gasteiger partial charge in [0, 0.05) is 0 Å². The number of halogens is 2. The molecular weight excluding hydrogens is 354 g/mol. The molecule has 3 heteroatoms. The summed E-state index contributed by atoms with van der Waals surface area (Å²) in [5.74, 6) is 4.14. The predicted molar refractivity (Wildman–Crippen MR) is 113 cm³/mol. The fourth-order valence-corrected chi connectivity index (χ4v) is 5.25. The van der Waals surface area contributed by atoms with E-state index >= 15 is 0 Å². The van der Waals surface area contributed by atoms with Gasteiger partial charge in [-0.15, -0.1) is 0 Å². The van der Waals surface area contributed by atoms with Crippen LogP contribution in [0.25, 0.3) is 6.08 Å². The fourth-order valence-electron chi connectivity index (χ4n) is 5.25. The summed E-state index contributed by atoms with van der Waals surface area (Å²) in [5, 5.41) is 0. The number of hydrogen-bond donors (Lipinski definition) is 0. The molecule has 156 valence electrons. The van der Waals surface area contributed by atoms with E-state index in [2.05, 4.69) is 19.1 Å². The van der Waals surface area contributed by atoms with Crippen molar-refractivity contribution >= 4 is 6.08 Å². The summed E-state index contributed by atoms with van der Waals surface area (Å²) in [7, 11) is 0. The monoisotopic (exact) mass is 390 g/mol. The standard InChI is InChI=1S/C25H36F2O/c1-2-3-19-6-12-22(13-7-19)23-14-8-20(9-15-23)4-5-21-10-16-24(17-11-21)28-18-25(26)27/h4-5,10-11,16-17,19-20,22-23,25H,2-3,6-9,12-15,18H2,1H3. The van der Waals surface area contributed by atoms with Crippen LogP contribution in [0, 0.1) is 23.7 Å². The van der Waals surface area contributed by atoms with Crippen LogP contribution in [0.1, 0.15) is 76.7 Å². The Morgan fingerprint density at radius 3 is 2.11 bits per heavy atom. The van der Waals surface area contributed by atoms with Crippen molar-refractivity contribution in [2.45, 2.75) is 77.6 Å². The molecule has 0 bridgehead atoms. The second kappa shape index (κ2) is 11.0. The SMILES string of the molecule is CCCC1CCC(C2CCC(C=Cc3ccc(OCC(F)F)cc3)CC2)CC1. The average molecular weight is 391 g/mol. The summed E-state index contributed by atoms with van der Waals surface area (Å²) in [6, 6.07) is 7.43. The van der Waals surface area contributed by atoms with Gasteiger partial charge in [-0.05, 0) is 79.9 Å². The van der Waals surface area contributed by atoms with E-state index in [0.29, 0.717) is 11.7 Å². The zero-order chi connectivity index (χ0) is 19.8. The summed E-state index contributed by atoms with van der Waals surface area (Å²) in [6.45, 7) is 1.77. The molecule has 2 aliphatic carbocycles. The molecule has 0 atom stereocenters. The number of benzene rings is 1. The largest absolute Gasteiger partial charge is 0.488 e. The van der Waals surface area contributed by atoms with E-state index in [1.54, 1.807) is 12.1 Å². The maximum absolute atomic E-state index is 12.2. The van der Waals surface area contributed by atoms with E-state index in [1.807, 2.05) is 12.1 Å². The van der Waals surface area contributed by atoms with Crippen LogP contribution in [0.4, 0.5) is 8.78 Å². The third-order valence-corrected chi connectivity index (χ3v) is 6.89. The highest BCUT2D eigenvalue weighted by atomic mass is 19.3. The van der Waals surface area contributed by atoms with Gasteiger partial charge >= 0.3 is 0 Å². The first-order chi connectivity index (χ1) is 13.6. The molecule has 3 rings (SSSR count).